The molecule has 0 fully saturated rings. The molecule has 0 aliphatic rings. The van der Waals surface area contributed by atoms with Gasteiger partial charge in [-0.15, -0.1) is 11.3 Å². The molecule has 0 aromatic carbocycles. The van der Waals surface area contributed by atoms with E-state index in [1.54, 1.807) is 31.5 Å². The minimum absolute atomic E-state index is 0.154. The molecule has 24 heavy (non-hydrogen) atoms. The minimum atomic E-state index is -0.680. The lowest BCUT2D eigenvalue weighted by Crippen LogP contribution is -2.41. The van der Waals surface area contributed by atoms with Gasteiger partial charge in [0.25, 0.3) is 5.91 Å². The molecule has 6 nitrogen and oxygen atoms in total. The van der Waals surface area contributed by atoms with Gasteiger partial charge in [-0.25, -0.2) is 9.97 Å². The second-order valence-electron chi connectivity index (χ2n) is 6.33. The fourth-order valence-corrected chi connectivity index (χ4v) is 3.09. The van der Waals surface area contributed by atoms with E-state index < -0.39 is 6.04 Å². The Morgan fingerprint density at radius 3 is 2.33 bits per heavy atom. The van der Waals surface area contributed by atoms with Gasteiger partial charge in [0.15, 0.2) is 0 Å². The van der Waals surface area contributed by atoms with Crippen molar-refractivity contribution in [3.63, 3.8) is 0 Å². The number of rotatable bonds is 4. The van der Waals surface area contributed by atoms with Crippen molar-refractivity contribution >= 4 is 44.8 Å². The second-order valence-corrected chi connectivity index (χ2v) is 8.80. The lowest BCUT2D eigenvalue weighted by Gasteiger charge is -2.17. The topological polar surface area (TPSA) is 84.0 Å². The first-order chi connectivity index (χ1) is 11.2. The van der Waals surface area contributed by atoms with E-state index in [2.05, 4.69) is 36.5 Å². The fraction of sp³-hybridized carbons (Fsp3) is 0.375. The third-order valence-corrected chi connectivity index (χ3v) is 4.75. The zero-order valence-electron chi connectivity index (χ0n) is 13.9. The molecule has 0 aliphatic carbocycles. The summed E-state index contributed by atoms with van der Waals surface area (Å²) < 4.78 is 0.862. The first-order valence-electron chi connectivity index (χ1n) is 7.36. The monoisotopic (exact) mass is 410 g/mol. The standard InChI is InChI=1S/C16H19BrN4O2S/c1-9(20-14(23)11-5-6-12(17)24-11)13(22)21-10-7-18-15(19-8-10)16(2,3)4/h5-9H,1-4H3,(H,20,23)(H,21,22)/t9-/m0/s1. The summed E-state index contributed by atoms with van der Waals surface area (Å²) in [6, 6.07) is 2.81. The Kier molecular flexibility index (Phi) is 5.71. The van der Waals surface area contributed by atoms with Crippen molar-refractivity contribution in [3.05, 3.63) is 39.0 Å². The number of carbonyl (C=O) groups is 2. The van der Waals surface area contributed by atoms with Crippen molar-refractivity contribution in [2.75, 3.05) is 5.32 Å². The van der Waals surface area contributed by atoms with Gasteiger partial charge in [0.05, 0.1) is 26.7 Å². The van der Waals surface area contributed by atoms with E-state index in [9.17, 15) is 9.59 Å². The lowest BCUT2D eigenvalue weighted by molar-refractivity contribution is -0.117. The van der Waals surface area contributed by atoms with Gasteiger partial charge in [-0.2, -0.15) is 0 Å². The number of halogens is 1. The van der Waals surface area contributed by atoms with E-state index in [-0.39, 0.29) is 17.2 Å². The maximum Gasteiger partial charge on any atom is 0.262 e. The summed E-state index contributed by atoms with van der Waals surface area (Å²) in [7, 11) is 0. The van der Waals surface area contributed by atoms with Crippen LogP contribution in [-0.2, 0) is 10.2 Å². The minimum Gasteiger partial charge on any atom is -0.340 e. The van der Waals surface area contributed by atoms with Crippen molar-refractivity contribution in [1.82, 2.24) is 15.3 Å². The Morgan fingerprint density at radius 2 is 1.83 bits per heavy atom. The summed E-state index contributed by atoms with van der Waals surface area (Å²) >= 11 is 4.62. The first-order valence-corrected chi connectivity index (χ1v) is 8.97. The van der Waals surface area contributed by atoms with Gasteiger partial charge >= 0.3 is 0 Å². The van der Waals surface area contributed by atoms with Crippen LogP contribution in [0, 0.1) is 0 Å². The molecule has 2 aromatic rings. The van der Waals surface area contributed by atoms with E-state index in [1.165, 1.54) is 11.3 Å². The lowest BCUT2D eigenvalue weighted by atomic mass is 9.96. The highest BCUT2D eigenvalue weighted by Crippen LogP contribution is 2.22. The van der Waals surface area contributed by atoms with Crippen LogP contribution in [0.1, 0.15) is 43.2 Å². The van der Waals surface area contributed by atoms with Crippen LogP contribution < -0.4 is 10.6 Å². The maximum atomic E-state index is 12.2. The third kappa shape index (κ3) is 4.85. The highest BCUT2D eigenvalue weighted by Gasteiger charge is 2.19. The van der Waals surface area contributed by atoms with Gasteiger partial charge < -0.3 is 10.6 Å². The quantitative estimate of drug-likeness (QED) is 0.808. The molecule has 2 N–H and O–H groups in total. The summed E-state index contributed by atoms with van der Waals surface area (Å²) in [5.74, 6) is 0.0869. The molecule has 0 saturated carbocycles. The van der Waals surface area contributed by atoms with Crippen LogP contribution >= 0.6 is 27.3 Å². The van der Waals surface area contributed by atoms with Gasteiger partial charge in [-0.1, -0.05) is 20.8 Å². The van der Waals surface area contributed by atoms with Crippen LogP contribution in [0.25, 0.3) is 0 Å². The molecule has 0 spiro atoms. The van der Waals surface area contributed by atoms with Crippen LogP contribution in [-0.4, -0.2) is 27.8 Å². The highest BCUT2D eigenvalue weighted by molar-refractivity contribution is 9.11. The average molecular weight is 411 g/mol. The van der Waals surface area contributed by atoms with E-state index in [1.807, 2.05) is 20.8 Å². The number of carbonyl (C=O) groups excluding carboxylic acids is 2. The molecule has 0 bridgehead atoms. The second kappa shape index (κ2) is 7.40. The van der Waals surface area contributed by atoms with Crippen LogP contribution in [0.5, 0.6) is 0 Å². The number of amides is 2. The normalized spacial score (nSPS) is 12.5. The van der Waals surface area contributed by atoms with E-state index in [4.69, 9.17) is 0 Å². The fourth-order valence-electron chi connectivity index (χ4n) is 1.80. The summed E-state index contributed by atoms with van der Waals surface area (Å²) in [6.07, 6.45) is 3.13. The average Bonchev–Trinajstić information content (AvgIpc) is 2.93. The van der Waals surface area contributed by atoms with Crippen LogP contribution in [0.15, 0.2) is 28.3 Å². The van der Waals surface area contributed by atoms with Crippen molar-refractivity contribution in [1.29, 1.82) is 0 Å². The van der Waals surface area contributed by atoms with Crippen molar-refractivity contribution in [3.8, 4) is 0 Å². The van der Waals surface area contributed by atoms with Crippen molar-refractivity contribution in [2.24, 2.45) is 0 Å². The molecule has 2 amide bonds. The zero-order valence-corrected chi connectivity index (χ0v) is 16.3. The number of anilines is 1. The SMILES string of the molecule is C[C@H](NC(=O)c1ccc(Br)s1)C(=O)Nc1cnc(C(C)(C)C)nc1. The van der Waals surface area contributed by atoms with Crippen molar-refractivity contribution in [2.45, 2.75) is 39.2 Å². The number of hydrogen-bond acceptors (Lipinski definition) is 5. The molecule has 2 rings (SSSR count). The molecule has 0 saturated heterocycles. The van der Waals surface area contributed by atoms with E-state index in [0.717, 1.165) is 3.79 Å². The van der Waals surface area contributed by atoms with Crippen LogP contribution in [0.4, 0.5) is 5.69 Å². The summed E-state index contributed by atoms with van der Waals surface area (Å²) in [6.45, 7) is 7.67. The molecule has 2 aromatic heterocycles. The number of thiophene rings is 1. The molecule has 0 radical (unpaired) electrons. The Balaban J connectivity index is 1.95. The van der Waals surface area contributed by atoms with Gasteiger partial charge in [-0.05, 0) is 35.0 Å². The molecule has 2 heterocycles. The smallest absolute Gasteiger partial charge is 0.262 e. The summed E-state index contributed by atoms with van der Waals surface area (Å²) in [5.41, 5.74) is 0.340. The van der Waals surface area contributed by atoms with Gasteiger partial charge in [0, 0.05) is 5.41 Å². The molecule has 1 atom stereocenters. The maximum absolute atomic E-state index is 12.2. The van der Waals surface area contributed by atoms with Crippen LogP contribution in [0.3, 0.4) is 0 Å². The Bertz CT molecular complexity index is 737. The Morgan fingerprint density at radius 1 is 1.21 bits per heavy atom. The van der Waals surface area contributed by atoms with Gasteiger partial charge in [-0.3, -0.25) is 9.59 Å². The van der Waals surface area contributed by atoms with Crippen molar-refractivity contribution < 1.29 is 9.59 Å². The third-order valence-electron chi connectivity index (χ3n) is 3.13. The molecule has 128 valence electrons. The highest BCUT2D eigenvalue weighted by atomic mass is 79.9. The predicted molar refractivity (Wildman–Crippen MR) is 98.3 cm³/mol. The first kappa shape index (κ1) is 18.5. The molecular formula is C16H19BrN4O2S. The summed E-state index contributed by atoms with van der Waals surface area (Å²) in [4.78, 5) is 33.3. The number of hydrogen-bond donors (Lipinski definition) is 2. The molecule has 0 unspecified atom stereocenters. The molecule has 8 heteroatoms. The number of nitrogens with one attached hydrogen (secondary N) is 2. The zero-order chi connectivity index (χ0) is 17.9. The predicted octanol–water partition coefficient (Wildman–Crippen LogP) is 3.36. The summed E-state index contributed by atoms with van der Waals surface area (Å²) in [5, 5.41) is 5.36. The Hall–Kier alpha value is -1.80. The molecule has 0 aliphatic heterocycles. The van der Waals surface area contributed by atoms with E-state index >= 15 is 0 Å². The number of nitrogens with zero attached hydrogens (tertiary/aromatic N) is 2. The molecular weight excluding hydrogens is 392 g/mol. The Labute approximate surface area is 153 Å². The van der Waals surface area contributed by atoms with Gasteiger partial charge in [0.2, 0.25) is 5.91 Å². The van der Waals surface area contributed by atoms with E-state index in [0.29, 0.717) is 16.4 Å². The number of aromatic nitrogens is 2. The van der Waals surface area contributed by atoms with Crippen LogP contribution in [0.2, 0.25) is 0 Å². The largest absolute Gasteiger partial charge is 0.340 e. The van der Waals surface area contributed by atoms with Gasteiger partial charge in [0.1, 0.15) is 11.9 Å².